The van der Waals surface area contributed by atoms with E-state index in [4.69, 9.17) is 0 Å². The van der Waals surface area contributed by atoms with Gasteiger partial charge in [0.1, 0.15) is 0 Å². The smallest absolute Gasteiger partial charge is 0.0991 e. The largest absolute Gasteiger partial charge is 0.326 e. The van der Waals surface area contributed by atoms with E-state index in [0.29, 0.717) is 11.0 Å². The van der Waals surface area contributed by atoms with Crippen LogP contribution in [0.15, 0.2) is 0 Å². The van der Waals surface area contributed by atoms with Crippen molar-refractivity contribution in [3.05, 3.63) is 0 Å². The predicted octanol–water partition coefficient (Wildman–Crippen LogP) is 4.30. The van der Waals surface area contributed by atoms with Crippen LogP contribution < -0.4 is 0 Å². The van der Waals surface area contributed by atoms with Crippen LogP contribution in [-0.2, 0) is 0 Å². The number of quaternary nitrogens is 2. The second kappa shape index (κ2) is 5.22. The number of likely N-dealkylation sites (tertiary alicyclic amines) is 2. The zero-order valence-corrected chi connectivity index (χ0v) is 17.3. The van der Waals surface area contributed by atoms with Crippen LogP contribution in [0.1, 0.15) is 65.2 Å². The lowest BCUT2D eigenvalue weighted by molar-refractivity contribution is -0.953. The van der Waals surface area contributed by atoms with Crippen LogP contribution in [0.4, 0.5) is 0 Å². The maximum atomic E-state index is 2.71. The fraction of sp³-hybridized carbons (Fsp3) is 1.00. The molecule has 2 heteroatoms. The molecular weight excluding hydrogens is 292 g/mol. The molecule has 138 valence electrons. The van der Waals surface area contributed by atoms with Gasteiger partial charge in [0.2, 0.25) is 0 Å². The summed E-state index contributed by atoms with van der Waals surface area (Å²) in [4.78, 5) is 0. The second-order valence-corrected chi connectivity index (χ2v) is 11.5. The van der Waals surface area contributed by atoms with Crippen molar-refractivity contribution < 1.29 is 8.97 Å². The minimum Gasteiger partial charge on any atom is -0.326 e. The number of hydrogen-bond donors (Lipinski definition) is 0. The Kier molecular flexibility index (Phi) is 3.77. The molecule has 24 heavy (non-hydrogen) atoms. The first-order valence-electron chi connectivity index (χ1n) is 10.8. The molecule has 2 aliphatic carbocycles. The fourth-order valence-corrected chi connectivity index (χ4v) is 8.50. The number of nitrogens with zero attached hydrogens (tertiary/aromatic N) is 2. The van der Waals surface area contributed by atoms with Gasteiger partial charge in [-0.15, -0.1) is 0 Å². The van der Waals surface area contributed by atoms with Crippen molar-refractivity contribution in [2.75, 3.05) is 41.3 Å². The Balaban J connectivity index is 1.68. The predicted molar refractivity (Wildman–Crippen MR) is 102 cm³/mol. The summed E-state index contributed by atoms with van der Waals surface area (Å²) in [7, 11) is 10.1. The topological polar surface area (TPSA) is 0 Å². The Labute approximate surface area is 150 Å². The van der Waals surface area contributed by atoms with Gasteiger partial charge in [0, 0.05) is 24.2 Å². The van der Waals surface area contributed by atoms with Crippen molar-refractivity contribution in [3.63, 3.8) is 0 Å². The lowest BCUT2D eigenvalue weighted by atomic mass is 9.47. The molecule has 2 nitrogen and oxygen atoms in total. The molecular formula is C22H42N2+2. The molecule has 4 rings (SSSR count). The van der Waals surface area contributed by atoms with Crippen molar-refractivity contribution in [1.29, 1.82) is 0 Å². The maximum Gasteiger partial charge on any atom is 0.0991 e. The van der Waals surface area contributed by atoms with Gasteiger partial charge in [0.15, 0.2) is 0 Å². The van der Waals surface area contributed by atoms with E-state index in [-0.39, 0.29) is 0 Å². The average Bonchev–Trinajstić information content (AvgIpc) is 2.47. The zero-order valence-electron chi connectivity index (χ0n) is 17.3. The molecule has 0 aromatic heterocycles. The van der Waals surface area contributed by atoms with E-state index in [1.54, 1.807) is 0 Å². The molecule has 6 atom stereocenters. The monoisotopic (exact) mass is 334 g/mol. The lowest BCUT2D eigenvalue weighted by Gasteiger charge is -2.66. The Morgan fingerprint density at radius 1 is 0.750 bits per heavy atom. The van der Waals surface area contributed by atoms with E-state index < -0.39 is 0 Å². The summed E-state index contributed by atoms with van der Waals surface area (Å²) < 4.78 is 2.58. The van der Waals surface area contributed by atoms with Gasteiger partial charge in [0.05, 0.1) is 52.9 Å². The Hall–Kier alpha value is -0.0800. The molecule has 0 aromatic rings. The van der Waals surface area contributed by atoms with Gasteiger partial charge in [-0.2, -0.15) is 0 Å². The fourth-order valence-electron chi connectivity index (χ4n) is 8.50. The van der Waals surface area contributed by atoms with Crippen molar-refractivity contribution >= 4 is 0 Å². The number of piperidine rings is 2. The summed E-state index contributed by atoms with van der Waals surface area (Å²) in [5.41, 5.74) is 1.16. The molecule has 4 aliphatic rings. The van der Waals surface area contributed by atoms with Gasteiger partial charge < -0.3 is 8.97 Å². The average molecular weight is 335 g/mol. The molecule has 0 bridgehead atoms. The number of rotatable bonds is 0. The molecule has 0 amide bonds. The Morgan fingerprint density at radius 2 is 1.50 bits per heavy atom. The van der Waals surface area contributed by atoms with Gasteiger partial charge >= 0.3 is 0 Å². The van der Waals surface area contributed by atoms with Crippen LogP contribution in [0.25, 0.3) is 0 Å². The molecule has 2 aliphatic heterocycles. The summed E-state index contributed by atoms with van der Waals surface area (Å²) in [5, 5.41) is 0. The van der Waals surface area contributed by atoms with E-state index in [0.717, 1.165) is 23.8 Å². The maximum absolute atomic E-state index is 2.71. The van der Waals surface area contributed by atoms with Gasteiger partial charge in [0.25, 0.3) is 0 Å². The second-order valence-electron chi connectivity index (χ2n) is 11.5. The van der Waals surface area contributed by atoms with E-state index in [1.807, 2.05) is 0 Å². The van der Waals surface area contributed by atoms with Gasteiger partial charge in [-0.1, -0.05) is 6.92 Å². The van der Waals surface area contributed by atoms with Crippen LogP contribution in [-0.4, -0.2) is 61.8 Å². The highest BCUT2D eigenvalue weighted by molar-refractivity contribution is 5.07. The third-order valence-corrected chi connectivity index (χ3v) is 10.1. The van der Waals surface area contributed by atoms with Crippen molar-refractivity contribution in [1.82, 2.24) is 0 Å². The van der Waals surface area contributed by atoms with Crippen LogP contribution in [0.2, 0.25) is 0 Å². The molecule has 2 saturated carbocycles. The quantitative estimate of drug-likeness (QED) is 0.580. The van der Waals surface area contributed by atoms with Gasteiger partial charge in [-0.25, -0.2) is 0 Å². The summed E-state index contributed by atoms with van der Waals surface area (Å²) in [6, 6.07) is 0.919. The zero-order chi connectivity index (χ0) is 17.4. The minimum absolute atomic E-state index is 0.543. The van der Waals surface area contributed by atoms with Crippen molar-refractivity contribution in [3.8, 4) is 0 Å². The third kappa shape index (κ3) is 2.14. The van der Waals surface area contributed by atoms with E-state index >= 15 is 0 Å². The number of hydrogen-bond acceptors (Lipinski definition) is 0. The van der Waals surface area contributed by atoms with Crippen molar-refractivity contribution in [2.45, 2.75) is 76.8 Å². The standard InChI is InChI=1S/C22H42N2/c1-21-13-8-15-23(3,4)20(21)11-10-17-18(21)12-14-22(2)19(17)9-7-16-24(22,5)6/h17-20H,7-16H2,1-6H3/q+2/t17-,18+,19+,20-,21-,22+/m1/s1. The number of fused-ring (bicyclic) bond motifs is 5. The highest BCUT2D eigenvalue weighted by atomic mass is 15.4. The highest BCUT2D eigenvalue weighted by Crippen LogP contribution is 2.62. The van der Waals surface area contributed by atoms with E-state index in [9.17, 15) is 0 Å². The van der Waals surface area contributed by atoms with E-state index in [1.165, 1.54) is 73.4 Å². The molecule has 0 spiro atoms. The minimum atomic E-state index is 0.543. The van der Waals surface area contributed by atoms with E-state index in [2.05, 4.69) is 42.0 Å². The summed E-state index contributed by atoms with van der Waals surface area (Å²) in [6.45, 7) is 8.17. The molecule has 4 fully saturated rings. The Morgan fingerprint density at radius 3 is 2.25 bits per heavy atom. The molecule has 0 unspecified atom stereocenters. The molecule has 2 heterocycles. The van der Waals surface area contributed by atoms with Crippen LogP contribution in [0, 0.1) is 23.2 Å². The summed E-state index contributed by atoms with van der Waals surface area (Å²) in [5.74, 6) is 3.00. The van der Waals surface area contributed by atoms with Crippen molar-refractivity contribution in [2.24, 2.45) is 23.2 Å². The summed E-state index contributed by atoms with van der Waals surface area (Å²) >= 11 is 0. The normalized spacial score (nSPS) is 52.8. The Bertz CT molecular complexity index is 510. The molecule has 0 aromatic carbocycles. The van der Waals surface area contributed by atoms with Crippen LogP contribution in [0.5, 0.6) is 0 Å². The summed E-state index contributed by atoms with van der Waals surface area (Å²) in [6.07, 6.45) is 11.9. The van der Waals surface area contributed by atoms with Gasteiger partial charge in [-0.3, -0.25) is 0 Å². The molecule has 0 radical (unpaired) electrons. The molecule has 2 saturated heterocycles. The first kappa shape index (κ1) is 17.3. The first-order chi connectivity index (χ1) is 11.1. The van der Waals surface area contributed by atoms with Crippen LogP contribution in [0.3, 0.4) is 0 Å². The SMILES string of the molecule is C[C@]12CCC[N+](C)(C)[C@@H]1CC[C@@H]1[C@@H]2CC[C@@]2(C)[C@H]1CCC[N+]2(C)C. The van der Waals surface area contributed by atoms with Gasteiger partial charge in [-0.05, 0) is 57.3 Å². The first-order valence-corrected chi connectivity index (χ1v) is 10.8. The third-order valence-electron chi connectivity index (χ3n) is 10.1. The van der Waals surface area contributed by atoms with Crippen LogP contribution >= 0.6 is 0 Å². The lowest BCUT2D eigenvalue weighted by Crippen LogP contribution is -2.71. The molecule has 0 N–H and O–H groups in total. The highest BCUT2D eigenvalue weighted by Gasteiger charge is 2.64.